The highest BCUT2D eigenvalue weighted by Crippen LogP contribution is 2.12. The van der Waals surface area contributed by atoms with Crippen LogP contribution < -0.4 is 11.5 Å². The third-order valence-corrected chi connectivity index (χ3v) is 2.17. The number of rotatable bonds is 4. The maximum atomic E-state index is 6.08. The predicted molar refractivity (Wildman–Crippen MR) is 56.4 cm³/mol. The minimum atomic E-state index is -0.171. The first-order chi connectivity index (χ1) is 6.14. The second-order valence-electron chi connectivity index (χ2n) is 3.86. The highest BCUT2D eigenvalue weighted by molar-refractivity contribution is 5.17. The van der Waals surface area contributed by atoms with Crippen LogP contribution in [0.25, 0.3) is 0 Å². The Morgan fingerprint density at radius 2 is 1.85 bits per heavy atom. The second kappa shape index (κ2) is 4.40. The SMILES string of the molecule is CC(N)(CCN)Cc1ccccc1. The van der Waals surface area contributed by atoms with Crippen molar-refractivity contribution in [2.24, 2.45) is 11.5 Å². The van der Waals surface area contributed by atoms with Crippen LogP contribution in [0.15, 0.2) is 30.3 Å². The quantitative estimate of drug-likeness (QED) is 0.730. The first-order valence-corrected chi connectivity index (χ1v) is 4.67. The van der Waals surface area contributed by atoms with Crippen LogP contribution in [-0.2, 0) is 6.42 Å². The lowest BCUT2D eigenvalue weighted by molar-refractivity contribution is 0.436. The van der Waals surface area contributed by atoms with Gasteiger partial charge in [-0.15, -0.1) is 0 Å². The average Bonchev–Trinajstić information content (AvgIpc) is 2.04. The Bertz CT molecular complexity index is 242. The molecule has 0 saturated heterocycles. The predicted octanol–water partition coefficient (Wildman–Crippen LogP) is 1.30. The molecule has 0 radical (unpaired) electrons. The van der Waals surface area contributed by atoms with E-state index in [1.54, 1.807) is 0 Å². The smallest absolute Gasteiger partial charge is 0.0178 e. The van der Waals surface area contributed by atoms with Crippen molar-refractivity contribution < 1.29 is 0 Å². The van der Waals surface area contributed by atoms with Gasteiger partial charge in [0.1, 0.15) is 0 Å². The van der Waals surface area contributed by atoms with Gasteiger partial charge in [0.15, 0.2) is 0 Å². The Morgan fingerprint density at radius 1 is 1.23 bits per heavy atom. The van der Waals surface area contributed by atoms with E-state index in [0.29, 0.717) is 6.54 Å². The topological polar surface area (TPSA) is 52.0 Å². The van der Waals surface area contributed by atoms with E-state index in [4.69, 9.17) is 11.5 Å². The fourth-order valence-corrected chi connectivity index (χ4v) is 1.48. The van der Waals surface area contributed by atoms with Crippen molar-refractivity contribution in [3.63, 3.8) is 0 Å². The average molecular weight is 178 g/mol. The highest BCUT2D eigenvalue weighted by atomic mass is 14.7. The van der Waals surface area contributed by atoms with Gasteiger partial charge in [-0.3, -0.25) is 0 Å². The molecule has 0 aliphatic heterocycles. The molecule has 0 aliphatic rings. The summed E-state index contributed by atoms with van der Waals surface area (Å²) < 4.78 is 0. The fraction of sp³-hybridized carbons (Fsp3) is 0.455. The molecular weight excluding hydrogens is 160 g/mol. The number of hydrogen-bond acceptors (Lipinski definition) is 2. The van der Waals surface area contributed by atoms with Gasteiger partial charge in [0, 0.05) is 5.54 Å². The van der Waals surface area contributed by atoms with Gasteiger partial charge in [0.2, 0.25) is 0 Å². The van der Waals surface area contributed by atoms with E-state index >= 15 is 0 Å². The van der Waals surface area contributed by atoms with Crippen LogP contribution >= 0.6 is 0 Å². The third-order valence-electron chi connectivity index (χ3n) is 2.17. The van der Waals surface area contributed by atoms with Gasteiger partial charge < -0.3 is 11.5 Å². The molecular formula is C11H18N2. The van der Waals surface area contributed by atoms with Gasteiger partial charge in [-0.25, -0.2) is 0 Å². The third kappa shape index (κ3) is 3.57. The normalized spacial score (nSPS) is 15.3. The molecule has 2 nitrogen and oxygen atoms in total. The zero-order valence-electron chi connectivity index (χ0n) is 8.16. The molecule has 0 aliphatic carbocycles. The Kier molecular flexibility index (Phi) is 3.46. The fourth-order valence-electron chi connectivity index (χ4n) is 1.48. The molecule has 0 spiro atoms. The van der Waals surface area contributed by atoms with Gasteiger partial charge in [0.05, 0.1) is 0 Å². The van der Waals surface area contributed by atoms with Crippen molar-refractivity contribution in [2.45, 2.75) is 25.3 Å². The summed E-state index contributed by atoms with van der Waals surface area (Å²) in [5.74, 6) is 0. The maximum Gasteiger partial charge on any atom is 0.0178 e. The lowest BCUT2D eigenvalue weighted by atomic mass is 9.91. The minimum absolute atomic E-state index is 0.171. The summed E-state index contributed by atoms with van der Waals surface area (Å²) in [6, 6.07) is 10.3. The van der Waals surface area contributed by atoms with Crippen LogP contribution in [0.5, 0.6) is 0 Å². The van der Waals surface area contributed by atoms with Crippen LogP contribution in [0.4, 0.5) is 0 Å². The molecule has 0 bridgehead atoms. The first kappa shape index (κ1) is 10.2. The van der Waals surface area contributed by atoms with Crippen LogP contribution in [0, 0.1) is 0 Å². The molecule has 1 aromatic rings. The molecule has 1 atom stereocenters. The van der Waals surface area contributed by atoms with Crippen LogP contribution in [0.3, 0.4) is 0 Å². The maximum absolute atomic E-state index is 6.08. The minimum Gasteiger partial charge on any atom is -0.330 e. The molecule has 0 aromatic heterocycles. The lowest BCUT2D eigenvalue weighted by Crippen LogP contribution is -2.40. The zero-order chi connectivity index (χ0) is 9.73. The van der Waals surface area contributed by atoms with E-state index < -0.39 is 0 Å². The number of nitrogens with two attached hydrogens (primary N) is 2. The van der Waals surface area contributed by atoms with E-state index in [0.717, 1.165) is 12.8 Å². The van der Waals surface area contributed by atoms with E-state index in [1.165, 1.54) is 5.56 Å². The van der Waals surface area contributed by atoms with Crippen molar-refractivity contribution in [1.29, 1.82) is 0 Å². The Hall–Kier alpha value is -0.860. The lowest BCUT2D eigenvalue weighted by Gasteiger charge is -2.23. The van der Waals surface area contributed by atoms with Crippen molar-refractivity contribution in [2.75, 3.05) is 6.54 Å². The Balaban J connectivity index is 2.58. The van der Waals surface area contributed by atoms with E-state index in [9.17, 15) is 0 Å². The number of benzene rings is 1. The molecule has 1 rings (SSSR count). The summed E-state index contributed by atoms with van der Waals surface area (Å²) in [4.78, 5) is 0. The monoisotopic (exact) mass is 178 g/mol. The van der Waals surface area contributed by atoms with E-state index in [1.807, 2.05) is 25.1 Å². The van der Waals surface area contributed by atoms with Gasteiger partial charge in [-0.1, -0.05) is 30.3 Å². The molecule has 4 N–H and O–H groups in total. The molecule has 1 unspecified atom stereocenters. The van der Waals surface area contributed by atoms with Gasteiger partial charge in [0.25, 0.3) is 0 Å². The molecule has 0 amide bonds. The molecule has 72 valence electrons. The van der Waals surface area contributed by atoms with Crippen LogP contribution in [0.2, 0.25) is 0 Å². The van der Waals surface area contributed by atoms with Gasteiger partial charge in [-0.05, 0) is 31.9 Å². The molecule has 1 aromatic carbocycles. The van der Waals surface area contributed by atoms with Crippen molar-refractivity contribution in [1.82, 2.24) is 0 Å². The summed E-state index contributed by atoms with van der Waals surface area (Å²) in [5, 5.41) is 0. The molecule has 0 saturated carbocycles. The van der Waals surface area contributed by atoms with Crippen molar-refractivity contribution >= 4 is 0 Å². The van der Waals surface area contributed by atoms with Gasteiger partial charge >= 0.3 is 0 Å². The molecule has 13 heavy (non-hydrogen) atoms. The van der Waals surface area contributed by atoms with E-state index in [2.05, 4.69) is 12.1 Å². The number of hydrogen-bond donors (Lipinski definition) is 2. The molecule has 2 heteroatoms. The summed E-state index contributed by atoms with van der Waals surface area (Å²) in [5.41, 5.74) is 12.7. The molecule has 0 fully saturated rings. The summed E-state index contributed by atoms with van der Waals surface area (Å²) in [6.07, 6.45) is 1.76. The first-order valence-electron chi connectivity index (χ1n) is 4.67. The molecule has 0 heterocycles. The standard InChI is InChI=1S/C11H18N2/c1-11(13,7-8-12)9-10-5-3-2-4-6-10/h2-6H,7-9,12-13H2,1H3. The Morgan fingerprint density at radius 3 is 2.38 bits per heavy atom. The van der Waals surface area contributed by atoms with Gasteiger partial charge in [-0.2, -0.15) is 0 Å². The summed E-state index contributed by atoms with van der Waals surface area (Å²) in [7, 11) is 0. The second-order valence-corrected chi connectivity index (χ2v) is 3.86. The largest absolute Gasteiger partial charge is 0.330 e. The Labute approximate surface area is 79.9 Å². The van der Waals surface area contributed by atoms with Crippen molar-refractivity contribution in [3.05, 3.63) is 35.9 Å². The van der Waals surface area contributed by atoms with Crippen molar-refractivity contribution in [3.8, 4) is 0 Å². The summed E-state index contributed by atoms with van der Waals surface area (Å²) >= 11 is 0. The van der Waals surface area contributed by atoms with E-state index in [-0.39, 0.29) is 5.54 Å². The van der Waals surface area contributed by atoms with Crippen LogP contribution in [0.1, 0.15) is 18.9 Å². The summed E-state index contributed by atoms with van der Waals surface area (Å²) in [6.45, 7) is 2.70. The highest BCUT2D eigenvalue weighted by Gasteiger charge is 2.17. The zero-order valence-corrected chi connectivity index (χ0v) is 8.16. The van der Waals surface area contributed by atoms with Crippen LogP contribution in [-0.4, -0.2) is 12.1 Å².